The van der Waals surface area contributed by atoms with Gasteiger partial charge in [0.25, 0.3) is 0 Å². The first-order valence-corrected chi connectivity index (χ1v) is 6.68. The summed E-state index contributed by atoms with van der Waals surface area (Å²) >= 11 is 0. The Bertz CT molecular complexity index is 214. The van der Waals surface area contributed by atoms with Crippen LogP contribution in [0.15, 0.2) is 0 Å². The summed E-state index contributed by atoms with van der Waals surface area (Å²) in [6.07, 6.45) is 6.22. The van der Waals surface area contributed by atoms with Crippen molar-refractivity contribution in [1.29, 1.82) is 0 Å². The van der Waals surface area contributed by atoms with Crippen molar-refractivity contribution in [1.82, 2.24) is 4.90 Å². The van der Waals surface area contributed by atoms with Crippen molar-refractivity contribution < 1.29 is 4.79 Å². The summed E-state index contributed by atoms with van der Waals surface area (Å²) < 4.78 is 0. The van der Waals surface area contributed by atoms with Gasteiger partial charge in [0.1, 0.15) is 0 Å². The summed E-state index contributed by atoms with van der Waals surface area (Å²) in [5.41, 5.74) is 5.51. The molecule has 2 N–H and O–H groups in total. The Morgan fingerprint density at radius 3 is 2.62 bits per heavy atom. The van der Waals surface area contributed by atoms with Gasteiger partial charge in [0.05, 0.1) is 0 Å². The molecule has 1 fully saturated rings. The maximum Gasteiger partial charge on any atom is 0.222 e. The highest BCUT2D eigenvalue weighted by Crippen LogP contribution is 2.28. The van der Waals surface area contributed by atoms with Gasteiger partial charge in [-0.15, -0.1) is 0 Å². The molecule has 0 spiro atoms. The minimum absolute atomic E-state index is 0.355. The van der Waals surface area contributed by atoms with Gasteiger partial charge in [-0.1, -0.05) is 13.8 Å². The van der Waals surface area contributed by atoms with Crippen molar-refractivity contribution >= 4 is 5.91 Å². The van der Waals surface area contributed by atoms with Crippen LogP contribution in [0.25, 0.3) is 0 Å². The molecular formula is C13H26N2O. The van der Waals surface area contributed by atoms with Crippen molar-refractivity contribution in [2.75, 3.05) is 13.1 Å². The molecule has 0 heterocycles. The third-order valence-corrected chi connectivity index (χ3v) is 3.28. The van der Waals surface area contributed by atoms with E-state index in [9.17, 15) is 4.79 Å². The standard InChI is InChI=1S/C13H26N2O/c1-3-10-15(12-5-6-12)13(16)7-4-11(2)8-9-14/h11-12H,3-10,14H2,1-2H3. The second kappa shape index (κ2) is 6.89. The van der Waals surface area contributed by atoms with Crippen molar-refractivity contribution in [2.45, 2.75) is 58.4 Å². The SMILES string of the molecule is CCCN(C(=O)CCC(C)CCN)C1CC1. The third-order valence-electron chi connectivity index (χ3n) is 3.28. The minimum atomic E-state index is 0.355. The van der Waals surface area contributed by atoms with Gasteiger partial charge in [-0.2, -0.15) is 0 Å². The number of carbonyl (C=O) groups is 1. The van der Waals surface area contributed by atoms with Crippen LogP contribution in [0.2, 0.25) is 0 Å². The van der Waals surface area contributed by atoms with Crippen LogP contribution in [0.3, 0.4) is 0 Å². The molecule has 1 amide bonds. The molecule has 1 aliphatic carbocycles. The van der Waals surface area contributed by atoms with Gasteiger partial charge in [0.2, 0.25) is 5.91 Å². The molecule has 1 unspecified atom stereocenters. The lowest BCUT2D eigenvalue weighted by molar-refractivity contribution is -0.132. The molecule has 0 aromatic rings. The van der Waals surface area contributed by atoms with E-state index in [-0.39, 0.29) is 0 Å². The minimum Gasteiger partial charge on any atom is -0.340 e. The summed E-state index contributed by atoms with van der Waals surface area (Å²) in [5.74, 6) is 0.935. The van der Waals surface area contributed by atoms with Gasteiger partial charge >= 0.3 is 0 Å². The number of nitrogens with zero attached hydrogens (tertiary/aromatic N) is 1. The van der Waals surface area contributed by atoms with Gasteiger partial charge < -0.3 is 10.6 Å². The van der Waals surface area contributed by atoms with Crippen LogP contribution in [0.4, 0.5) is 0 Å². The topological polar surface area (TPSA) is 46.3 Å². The molecule has 0 saturated heterocycles. The first-order valence-electron chi connectivity index (χ1n) is 6.68. The lowest BCUT2D eigenvalue weighted by Crippen LogP contribution is -2.33. The van der Waals surface area contributed by atoms with Gasteiger partial charge in [0, 0.05) is 19.0 Å². The Balaban J connectivity index is 2.25. The first-order chi connectivity index (χ1) is 7.69. The maximum atomic E-state index is 12.0. The van der Waals surface area contributed by atoms with Crippen LogP contribution in [-0.4, -0.2) is 29.9 Å². The smallest absolute Gasteiger partial charge is 0.222 e. The van der Waals surface area contributed by atoms with Gasteiger partial charge in [-0.3, -0.25) is 4.79 Å². The highest BCUT2D eigenvalue weighted by Gasteiger charge is 2.31. The van der Waals surface area contributed by atoms with Crippen molar-refractivity contribution in [3.05, 3.63) is 0 Å². The molecule has 0 aromatic carbocycles. The molecule has 1 rings (SSSR count). The maximum absolute atomic E-state index is 12.0. The number of amides is 1. The Kier molecular flexibility index (Phi) is 5.81. The fourth-order valence-electron chi connectivity index (χ4n) is 2.08. The van der Waals surface area contributed by atoms with Gasteiger partial charge in [-0.05, 0) is 44.6 Å². The number of hydrogen-bond donors (Lipinski definition) is 1. The van der Waals surface area contributed by atoms with E-state index in [1.165, 1.54) is 12.8 Å². The normalized spacial score (nSPS) is 17.2. The summed E-state index contributed by atoms with van der Waals surface area (Å²) in [6.45, 7) is 5.99. The molecule has 1 aliphatic rings. The average molecular weight is 226 g/mol. The van der Waals surface area contributed by atoms with Crippen LogP contribution < -0.4 is 5.73 Å². The van der Waals surface area contributed by atoms with E-state index in [2.05, 4.69) is 18.7 Å². The monoisotopic (exact) mass is 226 g/mol. The molecule has 3 nitrogen and oxygen atoms in total. The average Bonchev–Trinajstić information content (AvgIpc) is 3.07. The van der Waals surface area contributed by atoms with E-state index in [4.69, 9.17) is 5.73 Å². The molecule has 0 aliphatic heterocycles. The van der Waals surface area contributed by atoms with Crippen molar-refractivity contribution in [3.8, 4) is 0 Å². The summed E-state index contributed by atoms with van der Waals surface area (Å²) in [4.78, 5) is 14.1. The van der Waals surface area contributed by atoms with E-state index in [0.717, 1.165) is 32.4 Å². The number of carbonyl (C=O) groups excluding carboxylic acids is 1. The molecule has 1 saturated carbocycles. The highest BCUT2D eigenvalue weighted by atomic mass is 16.2. The van der Waals surface area contributed by atoms with E-state index < -0.39 is 0 Å². The van der Waals surface area contributed by atoms with Gasteiger partial charge in [0.15, 0.2) is 0 Å². The second-order valence-corrected chi connectivity index (χ2v) is 5.04. The fourth-order valence-corrected chi connectivity index (χ4v) is 2.08. The number of nitrogens with two attached hydrogens (primary N) is 1. The lowest BCUT2D eigenvalue weighted by Gasteiger charge is -2.22. The highest BCUT2D eigenvalue weighted by molar-refractivity contribution is 5.76. The van der Waals surface area contributed by atoms with Crippen LogP contribution in [-0.2, 0) is 4.79 Å². The molecule has 0 radical (unpaired) electrons. The Hall–Kier alpha value is -0.570. The molecule has 0 bridgehead atoms. The molecule has 1 atom stereocenters. The summed E-state index contributed by atoms with van der Waals surface area (Å²) in [6, 6.07) is 0.567. The van der Waals surface area contributed by atoms with E-state index in [1.54, 1.807) is 0 Å². The molecular weight excluding hydrogens is 200 g/mol. The molecule has 0 aromatic heterocycles. The van der Waals surface area contributed by atoms with E-state index in [0.29, 0.717) is 24.3 Å². The predicted molar refractivity (Wildman–Crippen MR) is 67.1 cm³/mol. The van der Waals surface area contributed by atoms with Crippen molar-refractivity contribution in [2.24, 2.45) is 11.7 Å². The van der Waals surface area contributed by atoms with Crippen molar-refractivity contribution in [3.63, 3.8) is 0 Å². The Morgan fingerprint density at radius 2 is 2.12 bits per heavy atom. The quantitative estimate of drug-likeness (QED) is 0.689. The zero-order valence-electron chi connectivity index (χ0n) is 10.7. The van der Waals surface area contributed by atoms with Crippen LogP contribution >= 0.6 is 0 Å². The van der Waals surface area contributed by atoms with Crippen LogP contribution in [0.1, 0.15) is 52.4 Å². The summed E-state index contributed by atoms with van der Waals surface area (Å²) in [5, 5.41) is 0. The Morgan fingerprint density at radius 1 is 1.44 bits per heavy atom. The lowest BCUT2D eigenvalue weighted by atomic mass is 10.0. The first kappa shape index (κ1) is 13.5. The fraction of sp³-hybridized carbons (Fsp3) is 0.923. The number of hydrogen-bond acceptors (Lipinski definition) is 2. The Labute approximate surface area is 99.4 Å². The molecule has 3 heteroatoms. The largest absolute Gasteiger partial charge is 0.340 e. The van der Waals surface area contributed by atoms with Crippen LogP contribution in [0.5, 0.6) is 0 Å². The number of rotatable bonds is 8. The van der Waals surface area contributed by atoms with Crippen LogP contribution in [0, 0.1) is 5.92 Å². The predicted octanol–water partition coefficient (Wildman–Crippen LogP) is 2.15. The molecule has 16 heavy (non-hydrogen) atoms. The zero-order valence-corrected chi connectivity index (χ0v) is 10.7. The third kappa shape index (κ3) is 4.52. The van der Waals surface area contributed by atoms with E-state index in [1.807, 2.05) is 0 Å². The summed E-state index contributed by atoms with van der Waals surface area (Å²) in [7, 11) is 0. The van der Waals surface area contributed by atoms with Gasteiger partial charge in [-0.25, -0.2) is 0 Å². The van der Waals surface area contributed by atoms with E-state index >= 15 is 0 Å². The zero-order chi connectivity index (χ0) is 12.0. The second-order valence-electron chi connectivity index (χ2n) is 5.04. The molecule has 94 valence electrons.